The van der Waals surface area contributed by atoms with Gasteiger partial charge in [-0.25, -0.2) is 4.79 Å². The van der Waals surface area contributed by atoms with Crippen LogP contribution in [0.2, 0.25) is 0 Å². The number of hydrogen-bond donors (Lipinski definition) is 2. The van der Waals surface area contributed by atoms with Gasteiger partial charge in [-0.05, 0) is 49.3 Å². The minimum atomic E-state index is -0.345. The maximum atomic E-state index is 12.1. The summed E-state index contributed by atoms with van der Waals surface area (Å²) in [5.74, 6) is -0.345. The molecule has 104 valence electrons. The van der Waals surface area contributed by atoms with Gasteiger partial charge in [0.2, 0.25) is 0 Å². The average Bonchev–Trinajstić information content (AvgIpc) is 2.31. The van der Waals surface area contributed by atoms with Gasteiger partial charge in [-0.3, -0.25) is 0 Å². The van der Waals surface area contributed by atoms with Crippen molar-refractivity contribution in [2.45, 2.75) is 45.6 Å². The number of carbonyl (C=O) groups excluding carboxylic acids is 1. The van der Waals surface area contributed by atoms with Gasteiger partial charge in [0.05, 0.1) is 5.56 Å². The van der Waals surface area contributed by atoms with Gasteiger partial charge in [-0.2, -0.15) is 0 Å². The summed E-state index contributed by atoms with van der Waals surface area (Å²) in [5, 5.41) is 0. The number of rotatable bonds is 2. The van der Waals surface area contributed by atoms with E-state index in [4.69, 9.17) is 16.2 Å². The zero-order valence-corrected chi connectivity index (χ0v) is 11.6. The van der Waals surface area contributed by atoms with Crippen molar-refractivity contribution >= 4 is 17.3 Å². The van der Waals surface area contributed by atoms with Gasteiger partial charge < -0.3 is 16.2 Å². The van der Waals surface area contributed by atoms with Crippen molar-refractivity contribution < 1.29 is 9.53 Å². The topological polar surface area (TPSA) is 78.3 Å². The number of ether oxygens (including phenoxy) is 1. The SMILES string of the molecule is CC1(C)CCC(OC(=O)c2ccc(N)cc2N)CC1. The summed E-state index contributed by atoms with van der Waals surface area (Å²) < 4.78 is 5.53. The third kappa shape index (κ3) is 3.40. The number of nitrogen functional groups attached to an aromatic ring is 2. The lowest BCUT2D eigenvalue weighted by Gasteiger charge is -2.33. The summed E-state index contributed by atoms with van der Waals surface area (Å²) in [6.45, 7) is 4.51. The van der Waals surface area contributed by atoms with Crippen LogP contribution in [0.25, 0.3) is 0 Å². The molecule has 0 unspecified atom stereocenters. The van der Waals surface area contributed by atoms with E-state index in [0.717, 1.165) is 25.7 Å². The van der Waals surface area contributed by atoms with Crippen LogP contribution in [0.1, 0.15) is 49.9 Å². The van der Waals surface area contributed by atoms with Crippen LogP contribution in [0, 0.1) is 5.41 Å². The number of anilines is 2. The minimum Gasteiger partial charge on any atom is -0.459 e. The van der Waals surface area contributed by atoms with E-state index in [0.29, 0.717) is 22.4 Å². The van der Waals surface area contributed by atoms with Crippen molar-refractivity contribution in [3.05, 3.63) is 23.8 Å². The number of carbonyl (C=O) groups is 1. The third-order valence-corrected chi connectivity index (χ3v) is 3.86. The lowest BCUT2D eigenvalue weighted by Crippen LogP contribution is -2.28. The highest BCUT2D eigenvalue weighted by atomic mass is 16.5. The van der Waals surface area contributed by atoms with Crippen molar-refractivity contribution in [1.29, 1.82) is 0 Å². The van der Waals surface area contributed by atoms with Crippen LogP contribution < -0.4 is 11.5 Å². The smallest absolute Gasteiger partial charge is 0.340 e. The predicted octanol–water partition coefficient (Wildman–Crippen LogP) is 2.98. The molecular weight excluding hydrogens is 240 g/mol. The van der Waals surface area contributed by atoms with E-state index in [1.54, 1.807) is 18.2 Å². The first-order valence-electron chi connectivity index (χ1n) is 6.73. The second-order valence-corrected chi connectivity index (χ2v) is 6.12. The molecule has 1 aromatic rings. The third-order valence-electron chi connectivity index (χ3n) is 3.86. The highest BCUT2D eigenvalue weighted by Gasteiger charge is 2.29. The molecule has 4 nitrogen and oxygen atoms in total. The van der Waals surface area contributed by atoms with E-state index in [9.17, 15) is 4.79 Å². The molecule has 1 aromatic carbocycles. The predicted molar refractivity (Wildman–Crippen MR) is 76.7 cm³/mol. The lowest BCUT2D eigenvalue weighted by atomic mass is 9.76. The summed E-state index contributed by atoms with van der Waals surface area (Å²) in [5.41, 5.74) is 13.1. The number of nitrogens with two attached hydrogens (primary N) is 2. The van der Waals surface area contributed by atoms with Gasteiger partial charge in [-0.1, -0.05) is 13.8 Å². The second-order valence-electron chi connectivity index (χ2n) is 6.12. The molecular formula is C15H22N2O2. The Balaban J connectivity index is 1.98. The first-order valence-corrected chi connectivity index (χ1v) is 6.73. The Morgan fingerprint density at radius 1 is 1.26 bits per heavy atom. The Labute approximate surface area is 114 Å². The average molecular weight is 262 g/mol. The van der Waals surface area contributed by atoms with E-state index in [1.165, 1.54) is 0 Å². The van der Waals surface area contributed by atoms with Crippen LogP contribution in [-0.4, -0.2) is 12.1 Å². The summed E-state index contributed by atoms with van der Waals surface area (Å²) in [6.07, 6.45) is 4.03. The largest absolute Gasteiger partial charge is 0.459 e. The number of hydrogen-bond acceptors (Lipinski definition) is 4. The molecule has 0 radical (unpaired) electrons. The van der Waals surface area contributed by atoms with Crippen molar-refractivity contribution in [2.75, 3.05) is 11.5 Å². The van der Waals surface area contributed by atoms with Gasteiger partial charge in [-0.15, -0.1) is 0 Å². The van der Waals surface area contributed by atoms with Crippen LogP contribution in [0.15, 0.2) is 18.2 Å². The van der Waals surface area contributed by atoms with E-state index >= 15 is 0 Å². The summed E-state index contributed by atoms with van der Waals surface area (Å²) >= 11 is 0. The maximum Gasteiger partial charge on any atom is 0.340 e. The fourth-order valence-corrected chi connectivity index (χ4v) is 2.47. The fraction of sp³-hybridized carbons (Fsp3) is 0.533. The Morgan fingerprint density at radius 3 is 2.47 bits per heavy atom. The Bertz CT molecular complexity index is 473. The van der Waals surface area contributed by atoms with Crippen LogP contribution in [0.5, 0.6) is 0 Å². The normalized spacial score (nSPS) is 19.1. The van der Waals surface area contributed by atoms with Crippen molar-refractivity contribution in [2.24, 2.45) is 5.41 Å². The molecule has 0 bridgehead atoms. The molecule has 0 atom stereocenters. The second kappa shape index (κ2) is 5.11. The Kier molecular flexibility index (Phi) is 3.69. The summed E-state index contributed by atoms with van der Waals surface area (Å²) in [7, 11) is 0. The Morgan fingerprint density at radius 2 is 1.89 bits per heavy atom. The maximum absolute atomic E-state index is 12.1. The zero-order valence-electron chi connectivity index (χ0n) is 11.6. The summed E-state index contributed by atoms with van der Waals surface area (Å²) in [6, 6.07) is 4.87. The van der Waals surface area contributed by atoms with Gasteiger partial charge >= 0.3 is 5.97 Å². The van der Waals surface area contributed by atoms with Crippen molar-refractivity contribution in [3.63, 3.8) is 0 Å². The first-order chi connectivity index (χ1) is 8.87. The zero-order chi connectivity index (χ0) is 14.0. The van der Waals surface area contributed by atoms with Gasteiger partial charge in [0.1, 0.15) is 6.10 Å². The van der Waals surface area contributed by atoms with Crippen LogP contribution in [-0.2, 0) is 4.74 Å². The molecule has 1 aliphatic carbocycles. The molecule has 0 aromatic heterocycles. The lowest BCUT2D eigenvalue weighted by molar-refractivity contribution is 0.00963. The molecule has 0 saturated heterocycles. The van der Waals surface area contributed by atoms with Crippen LogP contribution in [0.4, 0.5) is 11.4 Å². The molecule has 0 heterocycles. The van der Waals surface area contributed by atoms with E-state index in [1.807, 2.05) is 0 Å². The molecule has 0 amide bonds. The quantitative estimate of drug-likeness (QED) is 0.634. The Hall–Kier alpha value is -1.71. The molecule has 1 saturated carbocycles. The molecule has 19 heavy (non-hydrogen) atoms. The molecule has 4 N–H and O–H groups in total. The van der Waals surface area contributed by atoms with E-state index < -0.39 is 0 Å². The standard InChI is InChI=1S/C15H22N2O2/c1-15(2)7-5-11(6-8-15)19-14(18)12-4-3-10(16)9-13(12)17/h3-4,9,11H,5-8,16-17H2,1-2H3. The molecule has 2 rings (SSSR count). The monoisotopic (exact) mass is 262 g/mol. The van der Waals surface area contributed by atoms with Crippen molar-refractivity contribution in [3.8, 4) is 0 Å². The molecule has 1 fully saturated rings. The van der Waals surface area contributed by atoms with Gasteiger partial charge in [0.25, 0.3) is 0 Å². The highest BCUT2D eigenvalue weighted by molar-refractivity contribution is 5.95. The number of benzene rings is 1. The first kappa shape index (κ1) is 13.7. The number of esters is 1. The van der Waals surface area contributed by atoms with Gasteiger partial charge in [0.15, 0.2) is 0 Å². The van der Waals surface area contributed by atoms with Crippen LogP contribution in [0.3, 0.4) is 0 Å². The summed E-state index contributed by atoms with van der Waals surface area (Å²) in [4.78, 5) is 12.1. The molecule has 0 spiro atoms. The van der Waals surface area contributed by atoms with E-state index in [-0.39, 0.29) is 12.1 Å². The highest BCUT2D eigenvalue weighted by Crippen LogP contribution is 2.36. The molecule has 4 heteroatoms. The fourth-order valence-electron chi connectivity index (χ4n) is 2.47. The molecule has 0 aliphatic heterocycles. The van der Waals surface area contributed by atoms with E-state index in [2.05, 4.69) is 13.8 Å². The van der Waals surface area contributed by atoms with Crippen LogP contribution >= 0.6 is 0 Å². The minimum absolute atomic E-state index is 0.0116. The van der Waals surface area contributed by atoms with Gasteiger partial charge in [0, 0.05) is 11.4 Å². The molecule has 1 aliphatic rings. The van der Waals surface area contributed by atoms with Crippen molar-refractivity contribution in [1.82, 2.24) is 0 Å².